The summed E-state index contributed by atoms with van der Waals surface area (Å²) in [6, 6.07) is 7.31. The zero-order valence-corrected chi connectivity index (χ0v) is 15.3. The molecule has 3 rings (SSSR count). The van der Waals surface area contributed by atoms with Crippen LogP contribution in [0.25, 0.3) is 10.9 Å². The van der Waals surface area contributed by atoms with Crippen molar-refractivity contribution in [3.05, 3.63) is 35.5 Å². The van der Waals surface area contributed by atoms with Gasteiger partial charge in [-0.2, -0.15) is 0 Å². The number of benzene rings is 1. The highest BCUT2D eigenvalue weighted by atomic mass is 16.5. The average Bonchev–Trinajstić information content (AvgIpc) is 2.60. The highest BCUT2D eigenvalue weighted by molar-refractivity contribution is 5.99. The number of methoxy groups -OCH3 is 1. The van der Waals surface area contributed by atoms with Crippen LogP contribution in [0.4, 0.5) is 0 Å². The molecule has 0 aliphatic heterocycles. The highest BCUT2D eigenvalue weighted by Gasteiger charge is 2.42. The number of aryl methyl sites for hydroxylation is 1. The van der Waals surface area contributed by atoms with E-state index in [1.165, 1.54) is 0 Å². The van der Waals surface area contributed by atoms with Gasteiger partial charge < -0.3 is 15.2 Å². The number of carbonyl (C=O) groups excluding carboxylic acids is 1. The van der Waals surface area contributed by atoms with Crippen molar-refractivity contribution >= 4 is 22.8 Å². The van der Waals surface area contributed by atoms with E-state index in [1.807, 2.05) is 25.1 Å². The minimum absolute atomic E-state index is 0.275. The Labute approximate surface area is 152 Å². The number of carboxylic acid groups (broad SMARTS) is 1. The molecule has 1 aliphatic carbocycles. The maximum Gasteiger partial charge on any atom is 0.308 e. The summed E-state index contributed by atoms with van der Waals surface area (Å²) in [5.74, 6) is -0.991. The van der Waals surface area contributed by atoms with Crippen molar-refractivity contribution in [2.24, 2.45) is 5.92 Å². The van der Waals surface area contributed by atoms with Crippen LogP contribution < -0.4 is 10.1 Å². The number of carbonyl (C=O) groups is 2. The summed E-state index contributed by atoms with van der Waals surface area (Å²) in [5, 5.41) is 13.4. The van der Waals surface area contributed by atoms with Gasteiger partial charge in [0.2, 0.25) is 0 Å². The van der Waals surface area contributed by atoms with Gasteiger partial charge in [0.15, 0.2) is 0 Å². The summed E-state index contributed by atoms with van der Waals surface area (Å²) in [7, 11) is 1.60. The van der Waals surface area contributed by atoms with Gasteiger partial charge in [-0.1, -0.05) is 12.8 Å². The van der Waals surface area contributed by atoms with Gasteiger partial charge in [0.1, 0.15) is 5.75 Å². The number of fused-ring (bicyclic) bond motifs is 1. The van der Waals surface area contributed by atoms with E-state index in [1.54, 1.807) is 20.1 Å². The van der Waals surface area contributed by atoms with E-state index >= 15 is 0 Å². The number of rotatable bonds is 4. The van der Waals surface area contributed by atoms with Gasteiger partial charge in [-0.05, 0) is 44.9 Å². The normalized spacial score (nSPS) is 22.8. The SMILES string of the molecule is COc1ccc2cc(C(=O)NC3(C)CCCCC3C(=O)O)c(C)nc2c1. The topological polar surface area (TPSA) is 88.5 Å². The smallest absolute Gasteiger partial charge is 0.308 e. The second kappa shape index (κ2) is 6.94. The van der Waals surface area contributed by atoms with E-state index in [-0.39, 0.29) is 5.91 Å². The molecule has 1 aliphatic rings. The maximum absolute atomic E-state index is 12.9. The van der Waals surface area contributed by atoms with Crippen LogP contribution in [0.5, 0.6) is 5.75 Å². The quantitative estimate of drug-likeness (QED) is 0.877. The summed E-state index contributed by atoms with van der Waals surface area (Å²) >= 11 is 0. The molecule has 2 N–H and O–H groups in total. The molecule has 1 aromatic heterocycles. The first kappa shape index (κ1) is 18.2. The lowest BCUT2D eigenvalue weighted by molar-refractivity contribution is -0.145. The summed E-state index contributed by atoms with van der Waals surface area (Å²) in [6.07, 6.45) is 3.03. The number of nitrogens with zero attached hydrogens (tertiary/aromatic N) is 1. The van der Waals surface area contributed by atoms with Gasteiger partial charge in [0.25, 0.3) is 5.91 Å². The van der Waals surface area contributed by atoms with E-state index in [9.17, 15) is 14.7 Å². The zero-order chi connectivity index (χ0) is 18.9. The molecule has 1 fully saturated rings. The fourth-order valence-corrected chi connectivity index (χ4v) is 3.81. The molecular formula is C20H24N2O4. The Hall–Kier alpha value is -2.63. The van der Waals surface area contributed by atoms with Crippen molar-refractivity contribution in [1.82, 2.24) is 10.3 Å². The number of hydrogen-bond donors (Lipinski definition) is 2. The molecule has 26 heavy (non-hydrogen) atoms. The van der Waals surface area contributed by atoms with Crippen molar-refractivity contribution < 1.29 is 19.4 Å². The molecule has 1 saturated carbocycles. The second-order valence-corrected chi connectivity index (χ2v) is 7.19. The number of aliphatic carboxylic acids is 1. The van der Waals surface area contributed by atoms with Crippen LogP contribution in [0.2, 0.25) is 0 Å². The molecule has 6 heteroatoms. The molecule has 138 valence electrons. The fraction of sp³-hybridized carbons (Fsp3) is 0.450. The monoisotopic (exact) mass is 356 g/mol. The van der Waals surface area contributed by atoms with Gasteiger partial charge >= 0.3 is 5.97 Å². The van der Waals surface area contributed by atoms with Gasteiger partial charge in [-0.25, -0.2) is 0 Å². The molecule has 1 amide bonds. The largest absolute Gasteiger partial charge is 0.497 e. The lowest BCUT2D eigenvalue weighted by Crippen LogP contribution is -2.55. The molecule has 0 spiro atoms. The lowest BCUT2D eigenvalue weighted by atomic mass is 9.73. The summed E-state index contributed by atoms with van der Waals surface area (Å²) < 4.78 is 5.21. The minimum Gasteiger partial charge on any atom is -0.497 e. The molecule has 0 bridgehead atoms. The third-order valence-electron chi connectivity index (χ3n) is 5.37. The molecule has 2 aromatic rings. The predicted octanol–water partition coefficient (Wildman–Crippen LogP) is 3.32. The van der Waals surface area contributed by atoms with E-state index in [2.05, 4.69) is 10.3 Å². The highest BCUT2D eigenvalue weighted by Crippen LogP contribution is 2.34. The zero-order valence-electron chi connectivity index (χ0n) is 15.3. The van der Waals surface area contributed by atoms with E-state index in [0.717, 1.165) is 23.7 Å². The molecule has 1 heterocycles. The van der Waals surface area contributed by atoms with E-state index < -0.39 is 17.4 Å². The van der Waals surface area contributed by atoms with Crippen LogP contribution in [0.3, 0.4) is 0 Å². The van der Waals surface area contributed by atoms with E-state index in [0.29, 0.717) is 29.8 Å². The predicted molar refractivity (Wildman–Crippen MR) is 98.5 cm³/mol. The van der Waals surface area contributed by atoms with Crippen LogP contribution in [0, 0.1) is 12.8 Å². The van der Waals surface area contributed by atoms with Gasteiger partial charge in [-0.15, -0.1) is 0 Å². The Kier molecular flexibility index (Phi) is 4.85. The standard InChI is InChI=1S/C20H24N2O4/c1-12-15(10-13-7-8-14(26-3)11-17(13)21-12)18(23)22-20(2)9-5-4-6-16(20)19(24)25/h7-8,10-11,16H,4-6,9H2,1-3H3,(H,22,23)(H,24,25). The fourth-order valence-electron chi connectivity index (χ4n) is 3.81. The van der Waals surface area contributed by atoms with Crippen LogP contribution in [0.1, 0.15) is 48.7 Å². The summed E-state index contributed by atoms with van der Waals surface area (Å²) in [5.41, 5.74) is 1.08. The van der Waals surface area contributed by atoms with Crippen LogP contribution >= 0.6 is 0 Å². The van der Waals surface area contributed by atoms with Gasteiger partial charge in [0, 0.05) is 11.5 Å². The molecule has 0 saturated heterocycles. The number of amides is 1. The Morgan fingerprint density at radius 2 is 2.08 bits per heavy atom. The van der Waals surface area contributed by atoms with Gasteiger partial charge in [0.05, 0.1) is 35.3 Å². The molecule has 2 unspecified atom stereocenters. The van der Waals surface area contributed by atoms with Crippen molar-refractivity contribution in [3.8, 4) is 5.75 Å². The number of hydrogen-bond acceptors (Lipinski definition) is 4. The first-order valence-corrected chi connectivity index (χ1v) is 8.85. The van der Waals surface area contributed by atoms with Crippen LogP contribution in [-0.4, -0.2) is 34.6 Å². The van der Waals surface area contributed by atoms with Crippen LogP contribution in [-0.2, 0) is 4.79 Å². The van der Waals surface area contributed by atoms with Crippen molar-refractivity contribution in [2.45, 2.75) is 45.1 Å². The minimum atomic E-state index is -0.854. The summed E-state index contributed by atoms with van der Waals surface area (Å²) in [4.78, 5) is 29.0. The first-order chi connectivity index (χ1) is 12.3. The average molecular weight is 356 g/mol. The number of pyridine rings is 1. The molecule has 2 atom stereocenters. The van der Waals surface area contributed by atoms with E-state index in [4.69, 9.17) is 4.74 Å². The van der Waals surface area contributed by atoms with Gasteiger partial charge in [-0.3, -0.25) is 14.6 Å². The van der Waals surface area contributed by atoms with Crippen molar-refractivity contribution in [1.29, 1.82) is 0 Å². The number of nitrogens with one attached hydrogen (secondary N) is 1. The summed E-state index contributed by atoms with van der Waals surface area (Å²) in [6.45, 7) is 3.61. The molecular weight excluding hydrogens is 332 g/mol. The Morgan fingerprint density at radius 1 is 1.31 bits per heavy atom. The molecule has 1 aromatic carbocycles. The lowest BCUT2D eigenvalue weighted by Gasteiger charge is -2.39. The Morgan fingerprint density at radius 3 is 2.77 bits per heavy atom. The number of carboxylic acids is 1. The number of aromatic nitrogens is 1. The first-order valence-electron chi connectivity index (χ1n) is 8.85. The third kappa shape index (κ3) is 3.36. The van der Waals surface area contributed by atoms with Crippen molar-refractivity contribution in [3.63, 3.8) is 0 Å². The van der Waals surface area contributed by atoms with Crippen molar-refractivity contribution in [2.75, 3.05) is 7.11 Å². The Bertz CT molecular complexity index is 864. The second-order valence-electron chi connectivity index (χ2n) is 7.19. The maximum atomic E-state index is 12.9. The Balaban J connectivity index is 1.91. The molecule has 6 nitrogen and oxygen atoms in total. The molecule has 0 radical (unpaired) electrons. The number of ether oxygens (including phenoxy) is 1. The van der Waals surface area contributed by atoms with Crippen LogP contribution in [0.15, 0.2) is 24.3 Å². The third-order valence-corrected chi connectivity index (χ3v) is 5.37.